The lowest BCUT2D eigenvalue weighted by molar-refractivity contribution is 0.125. The average Bonchev–Trinajstić information content (AvgIpc) is 2.72. The van der Waals surface area contributed by atoms with Crippen molar-refractivity contribution in [3.8, 4) is 0 Å². The normalized spacial score (nSPS) is 27.6. The van der Waals surface area contributed by atoms with E-state index >= 15 is 0 Å². The van der Waals surface area contributed by atoms with Crippen molar-refractivity contribution in [3.05, 3.63) is 6.33 Å². The average molecular weight is 302 g/mol. The summed E-state index contributed by atoms with van der Waals surface area (Å²) in [6.07, 6.45) is 4.40. The first kappa shape index (κ1) is 15.3. The molecule has 1 heterocycles. The van der Waals surface area contributed by atoms with E-state index in [1.54, 1.807) is 7.05 Å². The molecule has 114 valence electrons. The van der Waals surface area contributed by atoms with Crippen LogP contribution in [0.3, 0.4) is 0 Å². The second kappa shape index (κ2) is 5.34. The number of sulfonamides is 1. The van der Waals surface area contributed by atoms with Gasteiger partial charge in [0.05, 0.1) is 18.5 Å². The maximum absolute atomic E-state index is 12.5. The standard InChI is InChI=1S/C12H22N4O3S/c1-9-3-5-12(7-17,6-4-9)15-20(18,19)11-10(13)14-8-16(11)2/h8-9,15,17H,3-7,13H2,1-2H3. The van der Waals surface area contributed by atoms with Crippen LogP contribution in [0.5, 0.6) is 0 Å². The van der Waals surface area contributed by atoms with Gasteiger partial charge in [-0.05, 0) is 31.6 Å². The van der Waals surface area contributed by atoms with E-state index in [0.717, 1.165) is 12.8 Å². The number of aryl methyl sites for hydroxylation is 1. The summed E-state index contributed by atoms with van der Waals surface area (Å²) in [6.45, 7) is 1.92. The molecule has 0 aromatic carbocycles. The van der Waals surface area contributed by atoms with Crippen molar-refractivity contribution in [1.82, 2.24) is 14.3 Å². The fourth-order valence-corrected chi connectivity index (χ4v) is 4.39. The van der Waals surface area contributed by atoms with Gasteiger partial charge in [-0.25, -0.2) is 18.1 Å². The number of nitrogens with two attached hydrogens (primary N) is 1. The molecule has 1 aromatic rings. The smallest absolute Gasteiger partial charge is 0.260 e. The van der Waals surface area contributed by atoms with Gasteiger partial charge in [0.2, 0.25) is 0 Å². The van der Waals surface area contributed by atoms with E-state index in [4.69, 9.17) is 5.73 Å². The number of anilines is 1. The van der Waals surface area contributed by atoms with Gasteiger partial charge in [-0.1, -0.05) is 6.92 Å². The maximum atomic E-state index is 12.5. The minimum atomic E-state index is -3.80. The molecule has 0 atom stereocenters. The molecule has 0 saturated heterocycles. The number of rotatable bonds is 4. The summed E-state index contributed by atoms with van der Waals surface area (Å²) in [6, 6.07) is 0. The minimum Gasteiger partial charge on any atom is -0.394 e. The third-order valence-corrected chi connectivity index (χ3v) is 5.76. The molecule has 0 amide bonds. The van der Waals surface area contributed by atoms with Crippen LogP contribution in [-0.2, 0) is 17.1 Å². The Morgan fingerprint density at radius 1 is 1.55 bits per heavy atom. The largest absolute Gasteiger partial charge is 0.394 e. The van der Waals surface area contributed by atoms with Gasteiger partial charge in [-0.15, -0.1) is 0 Å². The van der Waals surface area contributed by atoms with E-state index < -0.39 is 15.6 Å². The monoisotopic (exact) mass is 302 g/mol. The molecule has 0 unspecified atom stereocenters. The van der Waals surface area contributed by atoms with E-state index in [1.165, 1.54) is 10.9 Å². The molecule has 4 N–H and O–H groups in total. The maximum Gasteiger partial charge on any atom is 0.260 e. The zero-order valence-corrected chi connectivity index (χ0v) is 12.7. The Morgan fingerprint density at radius 3 is 2.60 bits per heavy atom. The molecular formula is C12H22N4O3S. The van der Waals surface area contributed by atoms with Crippen molar-refractivity contribution < 1.29 is 13.5 Å². The molecule has 1 fully saturated rings. The molecule has 0 bridgehead atoms. The second-order valence-electron chi connectivity index (χ2n) is 5.77. The second-order valence-corrected chi connectivity index (χ2v) is 7.37. The van der Waals surface area contributed by atoms with E-state index in [-0.39, 0.29) is 17.5 Å². The third kappa shape index (κ3) is 2.82. The topological polar surface area (TPSA) is 110 Å². The van der Waals surface area contributed by atoms with E-state index in [1.807, 2.05) is 0 Å². The highest BCUT2D eigenvalue weighted by Crippen LogP contribution is 2.33. The van der Waals surface area contributed by atoms with Crippen LogP contribution in [0.1, 0.15) is 32.6 Å². The molecule has 1 saturated carbocycles. The first-order valence-electron chi connectivity index (χ1n) is 6.71. The summed E-state index contributed by atoms with van der Waals surface area (Å²) in [5, 5.41) is 9.59. The Balaban J connectivity index is 2.27. The Bertz CT molecular complexity index is 554. The summed E-state index contributed by atoms with van der Waals surface area (Å²) in [4.78, 5) is 3.80. The number of aliphatic hydroxyl groups excluding tert-OH is 1. The zero-order chi connectivity index (χ0) is 15.0. The SMILES string of the molecule is CC1CCC(CO)(NS(=O)(=O)c2c(N)ncn2C)CC1. The lowest BCUT2D eigenvalue weighted by Crippen LogP contribution is -2.53. The summed E-state index contributed by atoms with van der Waals surface area (Å²) in [5.74, 6) is 0.526. The molecule has 7 nitrogen and oxygen atoms in total. The van der Waals surface area contributed by atoms with Gasteiger partial charge in [0.25, 0.3) is 10.0 Å². The predicted octanol–water partition coefficient (Wildman–Crippen LogP) is 0.222. The van der Waals surface area contributed by atoms with Crippen LogP contribution in [-0.4, -0.2) is 35.2 Å². The Hall–Kier alpha value is -1.12. The van der Waals surface area contributed by atoms with Gasteiger partial charge in [-0.2, -0.15) is 0 Å². The van der Waals surface area contributed by atoms with Gasteiger partial charge < -0.3 is 15.4 Å². The van der Waals surface area contributed by atoms with Crippen LogP contribution in [0.4, 0.5) is 5.82 Å². The fraction of sp³-hybridized carbons (Fsp3) is 0.750. The number of nitrogens with one attached hydrogen (secondary N) is 1. The Morgan fingerprint density at radius 2 is 2.15 bits per heavy atom. The quantitative estimate of drug-likeness (QED) is 0.737. The lowest BCUT2D eigenvalue weighted by atomic mass is 9.78. The van der Waals surface area contributed by atoms with Crippen LogP contribution in [0.15, 0.2) is 11.4 Å². The van der Waals surface area contributed by atoms with Crippen molar-refractivity contribution in [2.75, 3.05) is 12.3 Å². The van der Waals surface area contributed by atoms with Crippen molar-refractivity contribution in [1.29, 1.82) is 0 Å². The number of hydrogen-bond donors (Lipinski definition) is 3. The van der Waals surface area contributed by atoms with Crippen LogP contribution < -0.4 is 10.5 Å². The summed E-state index contributed by atoms with van der Waals surface area (Å²) in [7, 11) is -2.22. The van der Waals surface area contributed by atoms with Crippen molar-refractivity contribution in [3.63, 3.8) is 0 Å². The van der Waals surface area contributed by atoms with E-state index in [0.29, 0.717) is 18.8 Å². The van der Waals surface area contributed by atoms with Crippen molar-refractivity contribution >= 4 is 15.8 Å². The van der Waals surface area contributed by atoms with Crippen LogP contribution in [0.25, 0.3) is 0 Å². The highest BCUT2D eigenvalue weighted by molar-refractivity contribution is 7.89. The van der Waals surface area contributed by atoms with E-state index in [2.05, 4.69) is 16.6 Å². The van der Waals surface area contributed by atoms with Crippen molar-refractivity contribution in [2.24, 2.45) is 13.0 Å². The van der Waals surface area contributed by atoms with Crippen LogP contribution in [0, 0.1) is 5.92 Å². The van der Waals surface area contributed by atoms with E-state index in [9.17, 15) is 13.5 Å². The molecular weight excluding hydrogens is 280 g/mol. The van der Waals surface area contributed by atoms with Gasteiger partial charge in [-0.3, -0.25) is 0 Å². The van der Waals surface area contributed by atoms with Gasteiger partial charge in [0.1, 0.15) is 0 Å². The first-order valence-corrected chi connectivity index (χ1v) is 8.19. The number of nitrogen functional groups attached to an aromatic ring is 1. The number of imidazole rings is 1. The summed E-state index contributed by atoms with van der Waals surface area (Å²) < 4.78 is 29.0. The highest BCUT2D eigenvalue weighted by atomic mass is 32.2. The van der Waals surface area contributed by atoms with Crippen molar-refractivity contribution in [2.45, 2.75) is 43.2 Å². The first-order chi connectivity index (χ1) is 9.30. The molecule has 2 rings (SSSR count). The molecule has 0 spiro atoms. The zero-order valence-electron chi connectivity index (χ0n) is 11.8. The Labute approximate surface area is 119 Å². The number of hydrogen-bond acceptors (Lipinski definition) is 5. The molecule has 8 heteroatoms. The molecule has 0 radical (unpaired) electrons. The molecule has 1 aliphatic rings. The molecule has 0 aliphatic heterocycles. The van der Waals surface area contributed by atoms with Gasteiger partial charge in [0.15, 0.2) is 10.8 Å². The summed E-state index contributed by atoms with van der Waals surface area (Å²) in [5.41, 5.74) is 4.84. The number of nitrogens with zero attached hydrogens (tertiary/aromatic N) is 2. The lowest BCUT2D eigenvalue weighted by Gasteiger charge is -2.38. The molecule has 1 aromatic heterocycles. The highest BCUT2D eigenvalue weighted by Gasteiger charge is 2.39. The predicted molar refractivity (Wildman–Crippen MR) is 75.4 cm³/mol. The van der Waals surface area contributed by atoms with Crippen LogP contribution in [0.2, 0.25) is 0 Å². The van der Waals surface area contributed by atoms with Crippen LogP contribution >= 0.6 is 0 Å². The number of aromatic nitrogens is 2. The third-order valence-electron chi connectivity index (χ3n) is 4.05. The molecule has 1 aliphatic carbocycles. The number of aliphatic hydroxyl groups is 1. The fourth-order valence-electron chi connectivity index (χ4n) is 2.70. The Kier molecular flexibility index (Phi) is 4.08. The minimum absolute atomic E-state index is 0.0303. The summed E-state index contributed by atoms with van der Waals surface area (Å²) >= 11 is 0. The van der Waals surface area contributed by atoms with Gasteiger partial charge >= 0.3 is 0 Å². The molecule has 20 heavy (non-hydrogen) atoms. The van der Waals surface area contributed by atoms with Gasteiger partial charge in [0, 0.05) is 7.05 Å².